The summed E-state index contributed by atoms with van der Waals surface area (Å²) in [7, 11) is 1.78. The molecule has 19 heavy (non-hydrogen) atoms. The van der Waals surface area contributed by atoms with Gasteiger partial charge in [0.25, 0.3) is 0 Å². The summed E-state index contributed by atoms with van der Waals surface area (Å²) < 4.78 is 0. The van der Waals surface area contributed by atoms with Crippen LogP contribution < -0.4 is 5.32 Å². The third-order valence-corrected chi connectivity index (χ3v) is 3.21. The van der Waals surface area contributed by atoms with E-state index in [-0.39, 0.29) is 0 Å². The molecule has 0 saturated carbocycles. The second-order valence-corrected chi connectivity index (χ2v) is 4.73. The number of nitrogens with zero attached hydrogens (tertiary/aromatic N) is 2. The highest BCUT2D eigenvalue weighted by molar-refractivity contribution is 5.71. The van der Waals surface area contributed by atoms with E-state index in [9.17, 15) is 0 Å². The predicted octanol–water partition coefficient (Wildman–Crippen LogP) is 3.59. The predicted molar refractivity (Wildman–Crippen MR) is 78.1 cm³/mol. The minimum absolute atomic E-state index is 0.577. The standard InChI is InChI=1S/C16H17N3/c1-10-5-6-14(11(2)7-10)15-12(3)8-13(9-17)16(18-4)19-15/h5-8H,1-4H3,(H,18,19). The first-order valence-electron chi connectivity index (χ1n) is 6.24. The van der Waals surface area contributed by atoms with Crippen molar-refractivity contribution in [3.8, 4) is 17.3 Å². The normalized spacial score (nSPS) is 10.1. The van der Waals surface area contributed by atoms with Gasteiger partial charge in [-0.15, -0.1) is 0 Å². The summed E-state index contributed by atoms with van der Waals surface area (Å²) >= 11 is 0. The molecular formula is C16H17N3. The Hall–Kier alpha value is -2.34. The van der Waals surface area contributed by atoms with Crippen molar-refractivity contribution < 1.29 is 0 Å². The number of rotatable bonds is 2. The number of pyridine rings is 1. The Kier molecular flexibility index (Phi) is 3.52. The van der Waals surface area contributed by atoms with E-state index >= 15 is 0 Å². The van der Waals surface area contributed by atoms with E-state index in [2.05, 4.69) is 48.4 Å². The highest BCUT2D eigenvalue weighted by Crippen LogP contribution is 2.28. The Labute approximate surface area is 113 Å². The van der Waals surface area contributed by atoms with Crippen LogP contribution in [0.1, 0.15) is 22.3 Å². The minimum Gasteiger partial charge on any atom is -0.372 e. The maximum Gasteiger partial charge on any atom is 0.144 e. The van der Waals surface area contributed by atoms with Gasteiger partial charge in [0.1, 0.15) is 11.9 Å². The fourth-order valence-corrected chi connectivity index (χ4v) is 2.24. The average Bonchev–Trinajstić information content (AvgIpc) is 2.39. The molecule has 2 rings (SSSR count). The Morgan fingerprint density at radius 3 is 2.42 bits per heavy atom. The van der Waals surface area contributed by atoms with Crippen molar-refractivity contribution in [1.29, 1.82) is 5.26 Å². The van der Waals surface area contributed by atoms with Gasteiger partial charge in [0, 0.05) is 12.6 Å². The highest BCUT2D eigenvalue weighted by Gasteiger charge is 2.11. The largest absolute Gasteiger partial charge is 0.372 e. The Morgan fingerprint density at radius 1 is 1.11 bits per heavy atom. The average molecular weight is 251 g/mol. The van der Waals surface area contributed by atoms with Crippen molar-refractivity contribution in [3.63, 3.8) is 0 Å². The van der Waals surface area contributed by atoms with E-state index < -0.39 is 0 Å². The molecule has 0 saturated heterocycles. The zero-order chi connectivity index (χ0) is 14.0. The zero-order valence-corrected chi connectivity index (χ0v) is 11.7. The summed E-state index contributed by atoms with van der Waals surface area (Å²) in [5.41, 5.74) is 6.07. The van der Waals surface area contributed by atoms with Gasteiger partial charge in [-0.25, -0.2) is 4.98 Å². The number of aromatic nitrogens is 1. The summed E-state index contributed by atoms with van der Waals surface area (Å²) in [6.45, 7) is 6.15. The smallest absolute Gasteiger partial charge is 0.144 e. The van der Waals surface area contributed by atoms with Gasteiger partial charge in [0.2, 0.25) is 0 Å². The number of benzene rings is 1. The van der Waals surface area contributed by atoms with Crippen LogP contribution in [0, 0.1) is 32.1 Å². The molecule has 0 aliphatic heterocycles. The van der Waals surface area contributed by atoms with Gasteiger partial charge in [-0.3, -0.25) is 0 Å². The maximum atomic E-state index is 9.10. The molecule has 0 aliphatic rings. The van der Waals surface area contributed by atoms with Crippen molar-refractivity contribution in [1.82, 2.24) is 4.98 Å². The molecule has 3 nitrogen and oxygen atoms in total. The summed E-state index contributed by atoms with van der Waals surface area (Å²) in [4.78, 5) is 4.59. The van der Waals surface area contributed by atoms with E-state index in [4.69, 9.17) is 5.26 Å². The minimum atomic E-state index is 0.577. The Balaban J connectivity index is 2.66. The number of anilines is 1. The molecule has 0 unspecified atom stereocenters. The first kappa shape index (κ1) is 13.1. The van der Waals surface area contributed by atoms with E-state index in [1.54, 1.807) is 7.05 Å². The molecule has 1 N–H and O–H groups in total. The summed E-state index contributed by atoms with van der Waals surface area (Å²) in [5.74, 6) is 0.628. The molecule has 0 radical (unpaired) electrons. The molecule has 1 heterocycles. The molecule has 0 fully saturated rings. The Bertz CT molecular complexity index is 666. The second-order valence-electron chi connectivity index (χ2n) is 4.73. The molecule has 1 aromatic heterocycles. The van der Waals surface area contributed by atoms with E-state index in [0.29, 0.717) is 11.4 Å². The maximum absolute atomic E-state index is 9.10. The lowest BCUT2D eigenvalue weighted by Crippen LogP contribution is -2.00. The molecule has 0 atom stereocenters. The quantitative estimate of drug-likeness (QED) is 0.887. The van der Waals surface area contributed by atoms with Crippen LogP contribution in [-0.2, 0) is 0 Å². The number of aryl methyl sites for hydroxylation is 3. The van der Waals surface area contributed by atoms with Gasteiger partial charge >= 0.3 is 0 Å². The van der Waals surface area contributed by atoms with Crippen molar-refractivity contribution in [2.45, 2.75) is 20.8 Å². The van der Waals surface area contributed by atoms with Crippen molar-refractivity contribution in [2.75, 3.05) is 12.4 Å². The molecule has 1 aromatic carbocycles. The van der Waals surface area contributed by atoms with E-state index in [0.717, 1.165) is 16.8 Å². The number of nitrogens with one attached hydrogen (secondary N) is 1. The van der Waals surface area contributed by atoms with Crippen LogP contribution in [0.5, 0.6) is 0 Å². The SMILES string of the molecule is CNc1nc(-c2ccc(C)cc2C)c(C)cc1C#N. The lowest BCUT2D eigenvalue weighted by Gasteiger charge is -2.12. The van der Waals surface area contributed by atoms with Crippen LogP contribution in [0.3, 0.4) is 0 Å². The number of hydrogen-bond acceptors (Lipinski definition) is 3. The molecule has 0 spiro atoms. The van der Waals surface area contributed by atoms with Crippen molar-refractivity contribution >= 4 is 5.82 Å². The van der Waals surface area contributed by atoms with Crippen LogP contribution in [0.25, 0.3) is 11.3 Å². The fraction of sp³-hybridized carbons (Fsp3) is 0.250. The first-order chi connectivity index (χ1) is 9.06. The molecule has 2 aromatic rings. The number of nitriles is 1. The fourth-order valence-electron chi connectivity index (χ4n) is 2.24. The lowest BCUT2D eigenvalue weighted by atomic mass is 9.99. The third kappa shape index (κ3) is 2.43. The topological polar surface area (TPSA) is 48.7 Å². The van der Waals surface area contributed by atoms with Crippen molar-refractivity contribution in [3.05, 3.63) is 46.5 Å². The van der Waals surface area contributed by atoms with Gasteiger partial charge in [0.15, 0.2) is 0 Å². The van der Waals surface area contributed by atoms with E-state index in [1.807, 2.05) is 13.0 Å². The number of hydrogen-bond donors (Lipinski definition) is 1. The lowest BCUT2D eigenvalue weighted by molar-refractivity contribution is 1.22. The van der Waals surface area contributed by atoms with Gasteiger partial charge in [0.05, 0.1) is 11.3 Å². The first-order valence-corrected chi connectivity index (χ1v) is 6.24. The summed E-state index contributed by atoms with van der Waals surface area (Å²) in [6, 6.07) is 10.4. The Morgan fingerprint density at radius 2 is 1.84 bits per heavy atom. The molecule has 96 valence electrons. The molecular weight excluding hydrogens is 234 g/mol. The zero-order valence-electron chi connectivity index (χ0n) is 11.7. The monoisotopic (exact) mass is 251 g/mol. The third-order valence-electron chi connectivity index (χ3n) is 3.21. The molecule has 0 bridgehead atoms. The summed E-state index contributed by atoms with van der Waals surface area (Å²) in [6.07, 6.45) is 0. The van der Waals surface area contributed by atoms with Crippen molar-refractivity contribution in [2.24, 2.45) is 0 Å². The molecule has 3 heteroatoms. The van der Waals surface area contributed by atoms with Crippen LogP contribution >= 0.6 is 0 Å². The summed E-state index contributed by atoms with van der Waals surface area (Å²) in [5, 5.41) is 12.1. The van der Waals surface area contributed by atoms with Gasteiger partial charge in [-0.05, 0) is 38.0 Å². The highest BCUT2D eigenvalue weighted by atomic mass is 15.0. The van der Waals surface area contributed by atoms with Crippen LogP contribution in [0.15, 0.2) is 24.3 Å². The van der Waals surface area contributed by atoms with Crippen LogP contribution in [-0.4, -0.2) is 12.0 Å². The van der Waals surface area contributed by atoms with Crippen LogP contribution in [0.2, 0.25) is 0 Å². The second kappa shape index (κ2) is 5.11. The van der Waals surface area contributed by atoms with Gasteiger partial charge < -0.3 is 5.32 Å². The molecule has 0 amide bonds. The van der Waals surface area contributed by atoms with E-state index in [1.165, 1.54) is 11.1 Å². The van der Waals surface area contributed by atoms with Gasteiger partial charge in [-0.1, -0.05) is 23.8 Å². The molecule has 0 aliphatic carbocycles. The van der Waals surface area contributed by atoms with Gasteiger partial charge in [-0.2, -0.15) is 5.26 Å². The van der Waals surface area contributed by atoms with Crippen LogP contribution in [0.4, 0.5) is 5.82 Å².